The van der Waals surface area contributed by atoms with Crippen molar-refractivity contribution in [3.05, 3.63) is 46.2 Å². The molecular weight excluding hydrogens is 236 g/mol. The van der Waals surface area contributed by atoms with Gasteiger partial charge in [0.2, 0.25) is 0 Å². The van der Waals surface area contributed by atoms with Gasteiger partial charge in [0.1, 0.15) is 0 Å². The molecule has 2 aromatic rings. The third kappa shape index (κ3) is 1.74. The van der Waals surface area contributed by atoms with Gasteiger partial charge in [-0.1, -0.05) is 17.7 Å². The number of aromatic nitrogens is 2. The number of nitrogens with two attached hydrogens (primary N) is 1. The van der Waals surface area contributed by atoms with Gasteiger partial charge >= 0.3 is 0 Å². The van der Waals surface area contributed by atoms with Crippen LogP contribution >= 0.6 is 11.6 Å². The summed E-state index contributed by atoms with van der Waals surface area (Å²) in [5.41, 5.74) is 10.1. The van der Waals surface area contributed by atoms with Crippen LogP contribution in [0.3, 0.4) is 0 Å². The van der Waals surface area contributed by atoms with E-state index in [1.165, 1.54) is 11.3 Å². The highest BCUT2D eigenvalue weighted by Gasteiger charge is 2.21. The fourth-order valence-electron chi connectivity index (χ4n) is 2.21. The maximum atomic E-state index is 6.00. The first-order valence-corrected chi connectivity index (χ1v) is 5.94. The molecule has 0 atom stereocenters. The van der Waals surface area contributed by atoms with E-state index >= 15 is 0 Å². The van der Waals surface area contributed by atoms with Crippen LogP contribution in [0.4, 0.5) is 0 Å². The minimum absolute atomic E-state index is 0.470. The van der Waals surface area contributed by atoms with Crippen molar-refractivity contribution in [3.8, 4) is 5.69 Å². The molecule has 17 heavy (non-hydrogen) atoms. The lowest BCUT2D eigenvalue weighted by molar-refractivity contribution is 0.697. The van der Waals surface area contributed by atoms with Crippen molar-refractivity contribution >= 4 is 11.6 Å². The molecule has 3 N–H and O–H groups in total. The highest BCUT2D eigenvalue weighted by Crippen LogP contribution is 2.24. The molecule has 88 valence electrons. The molecule has 1 aliphatic rings. The molecule has 0 aliphatic carbocycles. The van der Waals surface area contributed by atoms with Gasteiger partial charge in [-0.2, -0.15) is 5.10 Å². The van der Waals surface area contributed by atoms with E-state index in [0.717, 1.165) is 24.5 Å². The SMILES string of the molecule is NCc1nn(-c2cccc(Cl)c2)c2c1CNC2. The van der Waals surface area contributed by atoms with Crippen LogP contribution in [0, 0.1) is 0 Å². The third-order valence-corrected chi connectivity index (χ3v) is 3.25. The van der Waals surface area contributed by atoms with E-state index in [1.807, 2.05) is 28.9 Å². The maximum absolute atomic E-state index is 6.00. The fraction of sp³-hybridized carbons (Fsp3) is 0.250. The molecule has 0 saturated heterocycles. The highest BCUT2D eigenvalue weighted by atomic mass is 35.5. The van der Waals surface area contributed by atoms with E-state index < -0.39 is 0 Å². The molecule has 1 aliphatic heterocycles. The molecule has 0 unspecified atom stereocenters. The molecule has 5 heteroatoms. The van der Waals surface area contributed by atoms with Gasteiger partial charge in [0.25, 0.3) is 0 Å². The zero-order valence-electron chi connectivity index (χ0n) is 9.28. The van der Waals surface area contributed by atoms with Gasteiger partial charge in [-0.05, 0) is 18.2 Å². The van der Waals surface area contributed by atoms with Crippen molar-refractivity contribution < 1.29 is 0 Å². The number of hydrogen-bond donors (Lipinski definition) is 2. The summed E-state index contributed by atoms with van der Waals surface area (Å²) in [7, 11) is 0. The standard InChI is InChI=1S/C12H13ClN4/c13-8-2-1-3-9(4-8)17-12-7-15-6-10(12)11(5-14)16-17/h1-4,15H,5-7,14H2. The lowest BCUT2D eigenvalue weighted by Crippen LogP contribution is -2.10. The molecule has 0 spiro atoms. The molecule has 3 rings (SSSR count). The summed E-state index contributed by atoms with van der Waals surface area (Å²) < 4.78 is 1.93. The second-order valence-electron chi connectivity index (χ2n) is 4.07. The van der Waals surface area contributed by atoms with E-state index in [1.54, 1.807) is 0 Å². The summed E-state index contributed by atoms with van der Waals surface area (Å²) in [5, 5.41) is 8.59. The van der Waals surface area contributed by atoms with Crippen molar-refractivity contribution in [2.75, 3.05) is 0 Å². The Bertz CT molecular complexity index is 562. The van der Waals surface area contributed by atoms with Crippen LogP contribution in [0.15, 0.2) is 24.3 Å². The maximum Gasteiger partial charge on any atom is 0.0813 e. The minimum atomic E-state index is 0.470. The monoisotopic (exact) mass is 248 g/mol. The van der Waals surface area contributed by atoms with Crippen molar-refractivity contribution in [2.45, 2.75) is 19.6 Å². The smallest absolute Gasteiger partial charge is 0.0813 e. The molecule has 1 aromatic heterocycles. The van der Waals surface area contributed by atoms with Gasteiger partial charge < -0.3 is 11.1 Å². The molecule has 0 amide bonds. The summed E-state index contributed by atoms with van der Waals surface area (Å²) >= 11 is 6.00. The second-order valence-corrected chi connectivity index (χ2v) is 4.51. The minimum Gasteiger partial charge on any atom is -0.325 e. The highest BCUT2D eigenvalue weighted by molar-refractivity contribution is 6.30. The number of benzene rings is 1. The van der Waals surface area contributed by atoms with Gasteiger partial charge in [-0.25, -0.2) is 4.68 Å². The van der Waals surface area contributed by atoms with Gasteiger partial charge in [0.15, 0.2) is 0 Å². The van der Waals surface area contributed by atoms with Crippen LogP contribution in [-0.4, -0.2) is 9.78 Å². The van der Waals surface area contributed by atoms with Crippen molar-refractivity contribution in [2.24, 2.45) is 5.73 Å². The molecule has 0 bridgehead atoms. The summed E-state index contributed by atoms with van der Waals surface area (Å²) in [5.74, 6) is 0. The largest absolute Gasteiger partial charge is 0.325 e. The van der Waals surface area contributed by atoms with E-state index in [9.17, 15) is 0 Å². The van der Waals surface area contributed by atoms with Gasteiger partial charge in [-0.3, -0.25) is 0 Å². The quantitative estimate of drug-likeness (QED) is 0.849. The molecule has 2 heterocycles. The van der Waals surface area contributed by atoms with E-state index in [0.29, 0.717) is 11.6 Å². The van der Waals surface area contributed by atoms with Gasteiger partial charge in [-0.15, -0.1) is 0 Å². The first kappa shape index (κ1) is 10.8. The Morgan fingerprint density at radius 2 is 2.29 bits per heavy atom. The molecular formula is C12H13ClN4. The number of fused-ring (bicyclic) bond motifs is 1. The zero-order valence-corrected chi connectivity index (χ0v) is 10.0. The third-order valence-electron chi connectivity index (χ3n) is 3.01. The zero-order chi connectivity index (χ0) is 11.8. The Kier molecular flexibility index (Phi) is 2.63. The topological polar surface area (TPSA) is 55.9 Å². The second kappa shape index (κ2) is 4.14. The van der Waals surface area contributed by atoms with Crippen molar-refractivity contribution in [3.63, 3.8) is 0 Å². The predicted octanol–water partition coefficient (Wildman–Crippen LogP) is 1.59. The van der Waals surface area contributed by atoms with Crippen LogP contribution < -0.4 is 11.1 Å². The van der Waals surface area contributed by atoms with Crippen molar-refractivity contribution in [1.82, 2.24) is 15.1 Å². The average molecular weight is 249 g/mol. The van der Waals surface area contributed by atoms with Crippen LogP contribution in [0.2, 0.25) is 5.02 Å². The van der Waals surface area contributed by atoms with E-state index in [4.69, 9.17) is 17.3 Å². The Morgan fingerprint density at radius 3 is 3.06 bits per heavy atom. The number of nitrogens with zero attached hydrogens (tertiary/aromatic N) is 2. The normalized spacial score (nSPS) is 14.0. The Labute approximate surface area is 104 Å². The number of nitrogens with one attached hydrogen (secondary N) is 1. The molecule has 0 radical (unpaired) electrons. The summed E-state index contributed by atoms with van der Waals surface area (Å²) in [6, 6.07) is 7.69. The molecule has 4 nitrogen and oxygen atoms in total. The van der Waals surface area contributed by atoms with E-state index in [2.05, 4.69) is 10.4 Å². The van der Waals surface area contributed by atoms with Gasteiger partial charge in [0.05, 0.1) is 17.1 Å². The molecule has 0 fully saturated rings. The first-order chi connectivity index (χ1) is 8.29. The lowest BCUT2D eigenvalue weighted by atomic mass is 10.2. The molecule has 0 saturated carbocycles. The van der Waals surface area contributed by atoms with Crippen LogP contribution in [-0.2, 0) is 19.6 Å². The number of hydrogen-bond acceptors (Lipinski definition) is 3. The Balaban J connectivity index is 2.15. The molecule has 1 aromatic carbocycles. The number of halogens is 1. The van der Waals surface area contributed by atoms with Crippen LogP contribution in [0.25, 0.3) is 5.69 Å². The van der Waals surface area contributed by atoms with Gasteiger partial charge in [0, 0.05) is 30.2 Å². The summed E-state index contributed by atoms with van der Waals surface area (Å²) in [4.78, 5) is 0. The first-order valence-electron chi connectivity index (χ1n) is 5.56. The Hall–Kier alpha value is -1.36. The number of rotatable bonds is 2. The Morgan fingerprint density at radius 1 is 1.41 bits per heavy atom. The summed E-state index contributed by atoms with van der Waals surface area (Å²) in [6.45, 7) is 2.15. The predicted molar refractivity (Wildman–Crippen MR) is 67.0 cm³/mol. The van der Waals surface area contributed by atoms with Crippen LogP contribution in [0.5, 0.6) is 0 Å². The lowest BCUT2D eigenvalue weighted by Gasteiger charge is -2.05. The van der Waals surface area contributed by atoms with Crippen LogP contribution in [0.1, 0.15) is 17.0 Å². The fourth-order valence-corrected chi connectivity index (χ4v) is 2.40. The average Bonchev–Trinajstić information content (AvgIpc) is 2.89. The van der Waals surface area contributed by atoms with Crippen molar-refractivity contribution in [1.29, 1.82) is 0 Å². The summed E-state index contributed by atoms with van der Waals surface area (Å²) in [6.07, 6.45) is 0. The van der Waals surface area contributed by atoms with E-state index in [-0.39, 0.29) is 0 Å².